The zero-order valence-electron chi connectivity index (χ0n) is 8.88. The van der Waals surface area contributed by atoms with E-state index in [9.17, 15) is 14.0 Å². The normalized spacial score (nSPS) is 10.1. The highest BCUT2D eigenvalue weighted by molar-refractivity contribution is 6.00. The summed E-state index contributed by atoms with van der Waals surface area (Å²) in [4.78, 5) is 28.2. The number of nitrogens with one attached hydrogen (secondary N) is 1. The number of carbonyl (C=O) groups excluding carboxylic acids is 1. The van der Waals surface area contributed by atoms with Gasteiger partial charge in [0.15, 0.2) is 11.4 Å². The van der Waals surface area contributed by atoms with Crippen LogP contribution in [0.1, 0.15) is 21.0 Å². The second-order valence-corrected chi connectivity index (χ2v) is 3.28. The second-order valence-electron chi connectivity index (χ2n) is 3.28. The summed E-state index contributed by atoms with van der Waals surface area (Å²) in [6, 6.07) is 4.94. The summed E-state index contributed by atoms with van der Waals surface area (Å²) in [6.07, 6.45) is 1.06. The Bertz CT molecular complexity index is 609. The molecule has 0 saturated carbocycles. The first-order valence-electron chi connectivity index (χ1n) is 4.82. The summed E-state index contributed by atoms with van der Waals surface area (Å²) in [5.74, 6) is -2.90. The number of aromatic nitrogens is 2. The van der Waals surface area contributed by atoms with E-state index in [2.05, 4.69) is 9.97 Å². The van der Waals surface area contributed by atoms with Gasteiger partial charge in [0.25, 0.3) is 0 Å². The van der Waals surface area contributed by atoms with Crippen molar-refractivity contribution in [2.75, 3.05) is 0 Å². The molecule has 0 amide bonds. The van der Waals surface area contributed by atoms with Crippen LogP contribution >= 0.6 is 0 Å². The summed E-state index contributed by atoms with van der Waals surface area (Å²) in [5, 5.41) is 8.76. The first-order valence-corrected chi connectivity index (χ1v) is 4.82. The topological polar surface area (TPSA) is 92.3 Å². The number of hydrogen-bond donors (Lipinski definition) is 2. The standard InChI is InChI=1S/C11H7FN2O4/c12-6-2-1-3-7(4-6)18-11(17)9-8(10(15)16)13-5-14-9/h1-5H,(H,13,14)(H,15,16). The number of carboxylic acid groups (broad SMARTS) is 1. The number of ether oxygens (including phenoxy) is 1. The number of halogens is 1. The van der Waals surface area contributed by atoms with Crippen molar-refractivity contribution in [3.8, 4) is 5.75 Å². The molecule has 1 aromatic heterocycles. The quantitative estimate of drug-likeness (QED) is 0.635. The van der Waals surface area contributed by atoms with E-state index in [1.165, 1.54) is 18.2 Å². The summed E-state index contributed by atoms with van der Waals surface area (Å²) in [7, 11) is 0. The molecular formula is C11H7FN2O4. The van der Waals surface area contributed by atoms with E-state index in [1.807, 2.05) is 0 Å². The molecule has 1 heterocycles. The van der Waals surface area contributed by atoms with E-state index in [4.69, 9.17) is 9.84 Å². The molecule has 0 atom stereocenters. The van der Waals surface area contributed by atoms with Gasteiger partial charge in [-0.3, -0.25) is 0 Å². The molecular weight excluding hydrogens is 243 g/mol. The Hall–Kier alpha value is -2.70. The molecule has 1 aromatic carbocycles. The zero-order chi connectivity index (χ0) is 13.1. The van der Waals surface area contributed by atoms with E-state index in [0.29, 0.717) is 0 Å². The van der Waals surface area contributed by atoms with Gasteiger partial charge in [-0.2, -0.15) is 0 Å². The average molecular weight is 250 g/mol. The number of nitrogens with zero attached hydrogens (tertiary/aromatic N) is 1. The number of hydrogen-bond acceptors (Lipinski definition) is 4. The molecule has 0 aliphatic rings. The molecule has 0 fully saturated rings. The van der Waals surface area contributed by atoms with Crippen LogP contribution in [0, 0.1) is 5.82 Å². The second kappa shape index (κ2) is 4.66. The van der Waals surface area contributed by atoms with Gasteiger partial charge in [-0.05, 0) is 12.1 Å². The largest absolute Gasteiger partial charge is 0.476 e. The van der Waals surface area contributed by atoms with E-state index in [-0.39, 0.29) is 11.4 Å². The molecule has 6 nitrogen and oxygen atoms in total. The molecule has 92 valence electrons. The Morgan fingerprint density at radius 1 is 1.39 bits per heavy atom. The number of H-pyrrole nitrogens is 1. The molecule has 0 spiro atoms. The predicted octanol–water partition coefficient (Wildman–Crippen LogP) is 1.47. The minimum absolute atomic E-state index is 0.0223. The van der Waals surface area contributed by atoms with E-state index >= 15 is 0 Å². The van der Waals surface area contributed by atoms with Crippen LogP contribution in [0.25, 0.3) is 0 Å². The number of rotatable bonds is 3. The Labute approximate surface area is 100 Å². The highest BCUT2D eigenvalue weighted by atomic mass is 19.1. The van der Waals surface area contributed by atoms with Crippen LogP contribution in [0.4, 0.5) is 4.39 Å². The van der Waals surface area contributed by atoms with Gasteiger partial charge in [-0.25, -0.2) is 19.0 Å². The number of carboxylic acids is 1. The van der Waals surface area contributed by atoms with Gasteiger partial charge in [-0.1, -0.05) is 6.07 Å². The summed E-state index contributed by atoms with van der Waals surface area (Å²) >= 11 is 0. The molecule has 0 saturated heterocycles. The van der Waals surface area contributed by atoms with Gasteiger partial charge in [0.05, 0.1) is 6.33 Å². The van der Waals surface area contributed by atoms with Gasteiger partial charge in [0.2, 0.25) is 0 Å². The minimum Gasteiger partial charge on any atom is -0.476 e. The maximum atomic E-state index is 12.9. The highest BCUT2D eigenvalue weighted by Gasteiger charge is 2.21. The van der Waals surface area contributed by atoms with Crippen molar-refractivity contribution in [2.24, 2.45) is 0 Å². The number of carbonyl (C=O) groups is 2. The van der Waals surface area contributed by atoms with Crippen LogP contribution in [0.3, 0.4) is 0 Å². The van der Waals surface area contributed by atoms with Crippen LogP contribution in [-0.4, -0.2) is 27.0 Å². The fourth-order valence-electron chi connectivity index (χ4n) is 1.30. The lowest BCUT2D eigenvalue weighted by molar-refractivity contribution is 0.0661. The summed E-state index contributed by atoms with van der Waals surface area (Å²) in [6.45, 7) is 0. The molecule has 7 heteroatoms. The molecule has 0 bridgehead atoms. The average Bonchev–Trinajstić information content (AvgIpc) is 2.77. The van der Waals surface area contributed by atoms with Crippen molar-refractivity contribution in [3.63, 3.8) is 0 Å². The van der Waals surface area contributed by atoms with Gasteiger partial charge in [-0.15, -0.1) is 0 Å². The Kier molecular flexibility index (Phi) is 3.05. The third kappa shape index (κ3) is 2.34. The van der Waals surface area contributed by atoms with Crippen LogP contribution in [0.5, 0.6) is 5.75 Å². The molecule has 0 unspecified atom stereocenters. The van der Waals surface area contributed by atoms with Crippen molar-refractivity contribution < 1.29 is 23.8 Å². The van der Waals surface area contributed by atoms with Crippen LogP contribution < -0.4 is 4.74 Å². The highest BCUT2D eigenvalue weighted by Crippen LogP contribution is 2.14. The van der Waals surface area contributed by atoms with E-state index in [0.717, 1.165) is 12.4 Å². The van der Waals surface area contributed by atoms with E-state index in [1.54, 1.807) is 0 Å². The van der Waals surface area contributed by atoms with Crippen molar-refractivity contribution in [1.29, 1.82) is 0 Å². The Morgan fingerprint density at radius 2 is 2.17 bits per heavy atom. The van der Waals surface area contributed by atoms with Crippen molar-refractivity contribution in [2.45, 2.75) is 0 Å². The molecule has 2 aromatic rings. The lowest BCUT2D eigenvalue weighted by Crippen LogP contribution is -2.14. The van der Waals surface area contributed by atoms with Gasteiger partial charge < -0.3 is 14.8 Å². The third-order valence-corrected chi connectivity index (χ3v) is 2.05. The molecule has 0 aliphatic heterocycles. The Balaban J connectivity index is 2.22. The smallest absolute Gasteiger partial charge is 0.362 e. The Morgan fingerprint density at radius 3 is 2.83 bits per heavy atom. The number of aromatic carboxylic acids is 1. The van der Waals surface area contributed by atoms with Crippen LogP contribution in [0.2, 0.25) is 0 Å². The lowest BCUT2D eigenvalue weighted by Gasteiger charge is -2.03. The number of benzene rings is 1. The first-order chi connectivity index (χ1) is 8.58. The summed E-state index contributed by atoms with van der Waals surface area (Å²) in [5.41, 5.74) is -0.747. The van der Waals surface area contributed by atoms with Crippen molar-refractivity contribution in [1.82, 2.24) is 9.97 Å². The number of aromatic amines is 1. The number of esters is 1. The lowest BCUT2D eigenvalue weighted by atomic mass is 10.3. The maximum absolute atomic E-state index is 12.9. The SMILES string of the molecule is O=C(O)c1nc[nH]c1C(=O)Oc1cccc(F)c1. The molecule has 0 radical (unpaired) electrons. The predicted molar refractivity (Wildman–Crippen MR) is 56.9 cm³/mol. The first kappa shape index (κ1) is 11.8. The minimum atomic E-state index is -1.36. The van der Waals surface area contributed by atoms with E-state index < -0.39 is 23.4 Å². The van der Waals surface area contributed by atoms with Crippen LogP contribution in [-0.2, 0) is 0 Å². The summed E-state index contributed by atoms with van der Waals surface area (Å²) < 4.78 is 17.7. The third-order valence-electron chi connectivity index (χ3n) is 2.05. The molecule has 0 aliphatic carbocycles. The molecule has 2 N–H and O–H groups in total. The van der Waals surface area contributed by atoms with Crippen LogP contribution in [0.15, 0.2) is 30.6 Å². The monoisotopic (exact) mass is 250 g/mol. The van der Waals surface area contributed by atoms with Crippen molar-refractivity contribution >= 4 is 11.9 Å². The maximum Gasteiger partial charge on any atom is 0.362 e. The fraction of sp³-hybridized carbons (Fsp3) is 0. The van der Waals surface area contributed by atoms with Gasteiger partial charge in [0.1, 0.15) is 11.6 Å². The van der Waals surface area contributed by atoms with Crippen molar-refractivity contribution in [3.05, 3.63) is 47.8 Å². The molecule has 18 heavy (non-hydrogen) atoms. The molecule has 2 rings (SSSR count). The number of imidazole rings is 1. The zero-order valence-corrected chi connectivity index (χ0v) is 8.88. The van der Waals surface area contributed by atoms with Gasteiger partial charge >= 0.3 is 11.9 Å². The van der Waals surface area contributed by atoms with Gasteiger partial charge in [0, 0.05) is 6.07 Å². The fourth-order valence-corrected chi connectivity index (χ4v) is 1.30.